The number of aryl methyl sites for hydroxylation is 1. The van der Waals surface area contributed by atoms with E-state index in [1.807, 2.05) is 25.1 Å². The predicted octanol–water partition coefficient (Wildman–Crippen LogP) is 3.45. The maximum Gasteiger partial charge on any atom is 0.335 e. The number of benzene rings is 2. The second-order valence-corrected chi connectivity index (χ2v) is 6.03. The highest BCUT2D eigenvalue weighted by atomic mass is 16.5. The van der Waals surface area contributed by atoms with Crippen molar-refractivity contribution in [2.75, 3.05) is 18.5 Å². The number of hydrogen-bond donors (Lipinski definition) is 2. The minimum Gasteiger partial charge on any atom is -0.478 e. The SMILES string of the molecule is Cc1ccc(C(=O)Nc2cc(C(=O)O)cc(C3CCOC3)c2)cc1. The van der Waals surface area contributed by atoms with Crippen LogP contribution in [0.1, 0.15) is 44.2 Å². The summed E-state index contributed by atoms with van der Waals surface area (Å²) in [4.78, 5) is 23.7. The van der Waals surface area contributed by atoms with Crippen molar-refractivity contribution in [3.8, 4) is 0 Å². The molecule has 0 aromatic heterocycles. The van der Waals surface area contributed by atoms with E-state index in [2.05, 4.69) is 5.32 Å². The first-order chi connectivity index (χ1) is 11.5. The van der Waals surface area contributed by atoms with Crippen molar-refractivity contribution in [1.82, 2.24) is 0 Å². The van der Waals surface area contributed by atoms with Gasteiger partial charge in [-0.05, 0) is 49.2 Å². The van der Waals surface area contributed by atoms with Crippen molar-refractivity contribution in [3.63, 3.8) is 0 Å². The lowest BCUT2D eigenvalue weighted by Crippen LogP contribution is -2.13. The minimum absolute atomic E-state index is 0.165. The van der Waals surface area contributed by atoms with Gasteiger partial charge in [0.15, 0.2) is 0 Å². The number of anilines is 1. The molecule has 1 saturated heterocycles. The average Bonchev–Trinajstić information content (AvgIpc) is 3.09. The molecule has 1 heterocycles. The van der Waals surface area contributed by atoms with Gasteiger partial charge in [0.2, 0.25) is 0 Å². The molecular formula is C19H19NO4. The van der Waals surface area contributed by atoms with Gasteiger partial charge in [0.25, 0.3) is 5.91 Å². The molecule has 124 valence electrons. The Morgan fingerprint density at radius 1 is 1.12 bits per heavy atom. The summed E-state index contributed by atoms with van der Waals surface area (Å²) in [6.07, 6.45) is 0.856. The molecule has 0 saturated carbocycles. The second kappa shape index (κ2) is 6.84. The highest BCUT2D eigenvalue weighted by Gasteiger charge is 2.20. The van der Waals surface area contributed by atoms with Gasteiger partial charge >= 0.3 is 5.97 Å². The lowest BCUT2D eigenvalue weighted by Gasteiger charge is -2.13. The van der Waals surface area contributed by atoms with Crippen LogP contribution in [-0.2, 0) is 4.74 Å². The maximum atomic E-state index is 12.4. The van der Waals surface area contributed by atoms with Gasteiger partial charge in [0, 0.05) is 23.8 Å². The predicted molar refractivity (Wildman–Crippen MR) is 90.7 cm³/mol. The van der Waals surface area contributed by atoms with Gasteiger partial charge in [-0.2, -0.15) is 0 Å². The molecule has 1 amide bonds. The van der Waals surface area contributed by atoms with Crippen molar-refractivity contribution >= 4 is 17.6 Å². The van der Waals surface area contributed by atoms with Gasteiger partial charge in [-0.1, -0.05) is 17.7 Å². The molecular weight excluding hydrogens is 306 g/mol. The Morgan fingerprint density at radius 2 is 1.88 bits per heavy atom. The minimum atomic E-state index is -1.01. The number of ether oxygens (including phenoxy) is 1. The number of rotatable bonds is 4. The van der Waals surface area contributed by atoms with Crippen LogP contribution in [0.4, 0.5) is 5.69 Å². The van der Waals surface area contributed by atoms with Gasteiger partial charge in [-0.25, -0.2) is 4.79 Å². The number of carboxylic acid groups (broad SMARTS) is 1. The molecule has 1 unspecified atom stereocenters. The molecule has 1 aliphatic rings. The standard InChI is InChI=1S/C19H19NO4/c1-12-2-4-13(5-3-12)18(21)20-17-9-15(14-6-7-24-11-14)8-16(10-17)19(22)23/h2-5,8-10,14H,6-7,11H2,1H3,(H,20,21)(H,22,23). The van der Waals surface area contributed by atoms with Crippen LogP contribution in [0.5, 0.6) is 0 Å². The van der Waals surface area contributed by atoms with E-state index in [1.54, 1.807) is 18.2 Å². The summed E-state index contributed by atoms with van der Waals surface area (Å²) in [5.41, 5.74) is 3.14. The van der Waals surface area contributed by atoms with Crippen LogP contribution in [0.2, 0.25) is 0 Å². The molecule has 0 radical (unpaired) electrons. The summed E-state index contributed by atoms with van der Waals surface area (Å²) in [7, 11) is 0. The third-order valence-corrected chi connectivity index (χ3v) is 4.18. The van der Waals surface area contributed by atoms with Crippen molar-refractivity contribution in [2.24, 2.45) is 0 Å². The third kappa shape index (κ3) is 3.63. The fourth-order valence-electron chi connectivity index (χ4n) is 2.79. The fraction of sp³-hybridized carbons (Fsp3) is 0.263. The molecule has 1 atom stereocenters. The van der Waals surface area contributed by atoms with Crippen LogP contribution in [0.25, 0.3) is 0 Å². The molecule has 3 rings (SSSR count). The molecule has 0 bridgehead atoms. The van der Waals surface area contributed by atoms with Crippen LogP contribution >= 0.6 is 0 Å². The van der Waals surface area contributed by atoms with E-state index in [0.29, 0.717) is 24.5 Å². The number of hydrogen-bond acceptors (Lipinski definition) is 3. The van der Waals surface area contributed by atoms with Gasteiger partial charge in [0.1, 0.15) is 0 Å². The lowest BCUT2D eigenvalue weighted by atomic mass is 9.96. The Hall–Kier alpha value is -2.66. The topological polar surface area (TPSA) is 75.6 Å². The Balaban J connectivity index is 1.87. The summed E-state index contributed by atoms with van der Waals surface area (Å²) >= 11 is 0. The quantitative estimate of drug-likeness (QED) is 0.903. The summed E-state index contributed by atoms with van der Waals surface area (Å²) in [5.74, 6) is -1.10. The molecule has 1 fully saturated rings. The molecule has 2 aromatic rings. The van der Waals surface area contributed by atoms with Crippen LogP contribution in [0.15, 0.2) is 42.5 Å². The van der Waals surface area contributed by atoms with E-state index in [4.69, 9.17) is 4.74 Å². The van der Waals surface area contributed by atoms with Crippen LogP contribution in [0, 0.1) is 6.92 Å². The van der Waals surface area contributed by atoms with E-state index in [1.165, 1.54) is 6.07 Å². The molecule has 0 spiro atoms. The Morgan fingerprint density at radius 3 is 2.50 bits per heavy atom. The van der Waals surface area contributed by atoms with Crippen LogP contribution in [0.3, 0.4) is 0 Å². The zero-order chi connectivity index (χ0) is 17.1. The molecule has 2 N–H and O–H groups in total. The summed E-state index contributed by atoms with van der Waals surface area (Å²) in [6.45, 7) is 3.20. The van der Waals surface area contributed by atoms with Crippen molar-refractivity contribution in [1.29, 1.82) is 0 Å². The van der Waals surface area contributed by atoms with E-state index in [0.717, 1.165) is 17.5 Å². The van der Waals surface area contributed by atoms with E-state index in [-0.39, 0.29) is 17.4 Å². The molecule has 2 aromatic carbocycles. The Labute approximate surface area is 140 Å². The van der Waals surface area contributed by atoms with Crippen LogP contribution < -0.4 is 5.32 Å². The largest absolute Gasteiger partial charge is 0.478 e. The van der Waals surface area contributed by atoms with E-state index in [9.17, 15) is 14.7 Å². The number of carboxylic acids is 1. The Bertz CT molecular complexity index is 761. The van der Waals surface area contributed by atoms with Gasteiger partial charge < -0.3 is 15.2 Å². The molecule has 5 heteroatoms. The van der Waals surface area contributed by atoms with Crippen molar-refractivity contribution in [3.05, 3.63) is 64.7 Å². The third-order valence-electron chi connectivity index (χ3n) is 4.18. The van der Waals surface area contributed by atoms with Gasteiger partial charge in [0.05, 0.1) is 12.2 Å². The lowest BCUT2D eigenvalue weighted by molar-refractivity contribution is 0.0696. The Kier molecular flexibility index (Phi) is 4.62. The second-order valence-electron chi connectivity index (χ2n) is 6.03. The number of carbonyl (C=O) groups is 2. The average molecular weight is 325 g/mol. The van der Waals surface area contributed by atoms with E-state index >= 15 is 0 Å². The number of carbonyl (C=O) groups excluding carboxylic acids is 1. The zero-order valence-corrected chi connectivity index (χ0v) is 13.4. The first-order valence-corrected chi connectivity index (χ1v) is 7.87. The number of nitrogens with one attached hydrogen (secondary N) is 1. The van der Waals surface area contributed by atoms with E-state index < -0.39 is 5.97 Å². The highest BCUT2D eigenvalue weighted by molar-refractivity contribution is 6.04. The van der Waals surface area contributed by atoms with Crippen molar-refractivity contribution in [2.45, 2.75) is 19.3 Å². The molecule has 5 nitrogen and oxygen atoms in total. The summed E-state index contributed by atoms with van der Waals surface area (Å²) < 4.78 is 5.38. The number of aromatic carboxylic acids is 1. The smallest absolute Gasteiger partial charge is 0.335 e. The van der Waals surface area contributed by atoms with Crippen LogP contribution in [-0.4, -0.2) is 30.2 Å². The maximum absolute atomic E-state index is 12.4. The first kappa shape index (κ1) is 16.2. The molecule has 1 aliphatic heterocycles. The molecule has 24 heavy (non-hydrogen) atoms. The summed E-state index contributed by atoms with van der Waals surface area (Å²) in [5, 5.41) is 12.1. The number of amides is 1. The zero-order valence-electron chi connectivity index (χ0n) is 13.4. The normalized spacial score (nSPS) is 16.8. The molecule has 0 aliphatic carbocycles. The van der Waals surface area contributed by atoms with Gasteiger partial charge in [-0.3, -0.25) is 4.79 Å². The monoisotopic (exact) mass is 325 g/mol. The van der Waals surface area contributed by atoms with Crippen molar-refractivity contribution < 1.29 is 19.4 Å². The van der Waals surface area contributed by atoms with Gasteiger partial charge in [-0.15, -0.1) is 0 Å². The summed E-state index contributed by atoms with van der Waals surface area (Å²) in [6, 6.07) is 12.2. The first-order valence-electron chi connectivity index (χ1n) is 7.87. The fourth-order valence-corrected chi connectivity index (χ4v) is 2.79. The highest BCUT2D eigenvalue weighted by Crippen LogP contribution is 2.28.